The molecular formula is C140H282O6. The minimum absolute atomic E-state index is 0. The summed E-state index contributed by atoms with van der Waals surface area (Å²) >= 11 is 0. The highest BCUT2D eigenvalue weighted by Gasteiger charge is 2.43. The van der Waals surface area contributed by atoms with Gasteiger partial charge in [0.05, 0.1) is 0 Å². The molecule has 18 fully saturated rings. The van der Waals surface area contributed by atoms with E-state index in [4.69, 9.17) is 0 Å². The van der Waals surface area contributed by atoms with Gasteiger partial charge in [-0.3, -0.25) is 0 Å². The van der Waals surface area contributed by atoms with E-state index in [-0.39, 0.29) is 50.0 Å². The van der Waals surface area contributed by atoms with E-state index in [1.54, 1.807) is 250 Å². The Labute approximate surface area is 927 Å². The zero-order chi connectivity index (χ0) is 97.6. The Hall–Kier alpha value is -1.02. The molecule has 3 unspecified atom stereocenters. The average Bonchev–Trinajstić information content (AvgIpc) is 0.856. The Balaban J connectivity index is -0.000000859. The molecular weight excluding hydrogens is 1780 g/mol. The van der Waals surface area contributed by atoms with E-state index in [2.05, 4.69) is 115 Å². The van der Waals surface area contributed by atoms with Crippen LogP contribution in [0.2, 0.25) is 0 Å². The van der Waals surface area contributed by atoms with E-state index >= 15 is 0 Å². The lowest BCUT2D eigenvalue weighted by Gasteiger charge is -2.41. The van der Waals surface area contributed by atoms with Crippen molar-refractivity contribution in [3.63, 3.8) is 0 Å². The molecule has 0 spiro atoms. The van der Waals surface area contributed by atoms with Crippen LogP contribution in [0.3, 0.4) is 0 Å². The first kappa shape index (κ1) is 128. The lowest BCUT2D eigenvalue weighted by Crippen LogP contribution is -2.29. The van der Waals surface area contributed by atoms with Gasteiger partial charge in [0, 0.05) is 17.1 Å². The Morgan fingerprint density at radius 3 is 0.390 bits per heavy atom. The highest BCUT2D eigenvalue weighted by molar-refractivity contribution is 5.14. The van der Waals surface area contributed by atoms with Crippen LogP contribution in [0.25, 0.3) is 0 Å². The van der Waals surface area contributed by atoms with Gasteiger partial charge in [0.25, 0.3) is 0 Å². The second kappa shape index (κ2) is 67.4. The molecule has 0 saturated heterocycles. The third-order valence-electron chi connectivity index (χ3n) is 49.5. The zero-order valence-electron chi connectivity index (χ0n) is 100. The second-order valence-electron chi connectivity index (χ2n) is 59.7. The molecule has 0 radical (unpaired) electrons. The van der Waals surface area contributed by atoms with Crippen molar-refractivity contribution >= 4 is 0 Å². The monoisotopic (exact) mass is 2060 g/mol. The predicted octanol–water partition coefficient (Wildman–Crippen LogP) is 42.9. The molecule has 878 valence electrons. The summed E-state index contributed by atoms with van der Waals surface area (Å²) in [4.78, 5) is 0. The van der Waals surface area contributed by atoms with E-state index < -0.39 is 0 Å². The van der Waals surface area contributed by atoms with Gasteiger partial charge in [-0.1, -0.05) is 279 Å². The largest absolute Gasteiger partial charge is 0.412 e. The highest BCUT2D eigenvalue weighted by Crippen LogP contribution is 2.55. The van der Waals surface area contributed by atoms with Crippen LogP contribution in [0.1, 0.15) is 634 Å². The summed E-state index contributed by atoms with van der Waals surface area (Å²) in [5.74, 6) is 41.4. The van der Waals surface area contributed by atoms with Crippen LogP contribution in [0.15, 0.2) is 34.9 Å². The minimum atomic E-state index is 0. The molecule has 12 N–H and O–H groups in total. The second-order valence-corrected chi connectivity index (χ2v) is 59.7. The van der Waals surface area contributed by atoms with Gasteiger partial charge < -0.3 is 32.9 Å². The Bertz CT molecular complexity index is 3040. The quantitative estimate of drug-likeness (QED) is 0.150. The van der Waals surface area contributed by atoms with E-state index in [0.717, 1.165) is 231 Å². The maximum absolute atomic E-state index is 2.69. The van der Waals surface area contributed by atoms with Crippen LogP contribution in [0.4, 0.5) is 0 Å². The Kier molecular flexibility index (Phi) is 59.3. The summed E-state index contributed by atoms with van der Waals surface area (Å²) in [5.41, 5.74) is 5.35. The van der Waals surface area contributed by atoms with E-state index in [9.17, 15) is 0 Å². The minimum Gasteiger partial charge on any atom is -0.412 e. The molecule has 0 aliphatic heterocycles. The smallest absolute Gasteiger partial charge is 0 e. The number of hydrogen-bond donors (Lipinski definition) is 0. The summed E-state index contributed by atoms with van der Waals surface area (Å²) in [7, 11) is 0. The third-order valence-corrected chi connectivity index (χ3v) is 49.5. The average molecular weight is 2060 g/mol. The van der Waals surface area contributed by atoms with E-state index in [1.165, 1.54) is 276 Å². The standard InChI is InChI=1S/4C20H36.3C20H34.6H2O.12H2/c7*1-15-3-7-17(8-4-15)19-11-13-20(14-12-19)18-9-5-16(2)6-10-18;;;;;;;;;;;;;;;;;;/h4*15-20H,3-14H2,1-2H3;11,15-18,20H,3-10,12-14H2,1-2H3;7,15-16,18-20H,3-6,8-14H2,1-2H3;3,16-20H,4-14H2,1-2H3;6*1H2;12*1H. The summed E-state index contributed by atoms with van der Waals surface area (Å²) in [5, 5.41) is 0. The predicted molar refractivity (Wildman–Crippen MR) is 661 cm³/mol. The van der Waals surface area contributed by atoms with Crippen molar-refractivity contribution in [3.8, 4) is 0 Å². The number of rotatable bonds is 14. The van der Waals surface area contributed by atoms with Gasteiger partial charge in [0.1, 0.15) is 0 Å². The fourth-order valence-corrected chi connectivity index (χ4v) is 37.8. The molecule has 6 heteroatoms. The van der Waals surface area contributed by atoms with Crippen LogP contribution >= 0.6 is 0 Å². The van der Waals surface area contributed by atoms with Gasteiger partial charge in [-0.2, -0.15) is 0 Å². The molecule has 21 aliphatic rings. The first-order valence-electron chi connectivity index (χ1n) is 67.1. The van der Waals surface area contributed by atoms with Crippen LogP contribution < -0.4 is 0 Å². The van der Waals surface area contributed by atoms with Gasteiger partial charge in [-0.05, 0) is 604 Å². The van der Waals surface area contributed by atoms with E-state index in [1.807, 2.05) is 11.1 Å². The summed E-state index contributed by atoms with van der Waals surface area (Å²) in [6.45, 7) is 34.1. The van der Waals surface area contributed by atoms with Crippen LogP contribution in [0.5, 0.6) is 0 Å². The SMILES string of the molecule is CC1=CCC(C2CCC(C3CCC(C)CC3)CC2)CC1.CC1CC=C(C2CCC(C3CCC(C)CC3)CC2)CC1.CC1CCC(C2=CCC(C3CCC(C)CC3)CC2)CC1.CC1CCC(C2CCC(C3CCC(C)CC3)CC2)CC1.CC1CCC(C2CCC(C3CCC(C)CC3)CC2)CC1.CC1CCC(C2CCC(C3CCC(C)CC3)CC2)CC1.CC1CCC(C2CCC(C3CCC(C)CC3)CC2)CC1.O.O.O.O.O.O.[HH].[HH].[HH].[HH].[HH].[HH].[HH].[HH].[HH].[HH].[HH].[HH]. The molecule has 6 nitrogen and oxygen atoms in total. The van der Waals surface area contributed by atoms with Crippen molar-refractivity contribution in [2.45, 2.75) is 617 Å². The Morgan fingerprint density at radius 1 is 0.123 bits per heavy atom. The molecule has 0 aromatic rings. The first-order valence-corrected chi connectivity index (χ1v) is 67.1. The van der Waals surface area contributed by atoms with Crippen LogP contribution in [-0.2, 0) is 0 Å². The van der Waals surface area contributed by atoms with Crippen molar-refractivity contribution in [1.29, 1.82) is 0 Å². The van der Waals surface area contributed by atoms with Crippen molar-refractivity contribution in [3.05, 3.63) is 34.9 Å². The fourth-order valence-electron chi connectivity index (χ4n) is 37.8. The number of hydrogen-bond acceptors (Lipinski definition) is 0. The fraction of sp³-hybridized carbons (Fsp3) is 0.957. The summed E-state index contributed by atoms with van der Waals surface area (Å²) in [6.07, 6.45) is 132. The topological polar surface area (TPSA) is 189 Å². The lowest BCUT2D eigenvalue weighted by atomic mass is 9.65. The normalized spacial score (nSPS) is 43.5. The van der Waals surface area contributed by atoms with Crippen molar-refractivity contribution in [1.82, 2.24) is 0 Å². The molecule has 21 rings (SSSR count). The molecule has 0 aromatic carbocycles. The Morgan fingerprint density at radius 2 is 0.247 bits per heavy atom. The molecule has 3 atom stereocenters. The third kappa shape index (κ3) is 41.0. The number of allylic oxidation sites excluding steroid dienone is 6. The van der Waals surface area contributed by atoms with Crippen LogP contribution in [-0.4, -0.2) is 32.9 Å². The van der Waals surface area contributed by atoms with Gasteiger partial charge in [0.2, 0.25) is 0 Å². The van der Waals surface area contributed by atoms with E-state index in [0.29, 0.717) is 0 Å². The molecule has 0 amide bonds. The lowest BCUT2D eigenvalue weighted by molar-refractivity contribution is 0.108. The zero-order valence-corrected chi connectivity index (χ0v) is 100. The molecule has 0 aromatic heterocycles. The van der Waals surface area contributed by atoms with Crippen molar-refractivity contribution in [2.75, 3.05) is 0 Å². The van der Waals surface area contributed by atoms with Crippen molar-refractivity contribution < 1.29 is 50.0 Å². The highest BCUT2D eigenvalue weighted by atomic mass is 16.0. The summed E-state index contributed by atoms with van der Waals surface area (Å²) in [6, 6.07) is 0. The molecule has 0 heterocycles. The molecule has 18 saturated carbocycles. The maximum atomic E-state index is 2.69. The van der Waals surface area contributed by atoms with Gasteiger partial charge in [-0.25, -0.2) is 0 Å². The van der Waals surface area contributed by atoms with Gasteiger partial charge in [-0.15, -0.1) is 0 Å². The molecule has 146 heavy (non-hydrogen) atoms. The maximum Gasteiger partial charge on any atom is 0 e. The summed E-state index contributed by atoms with van der Waals surface area (Å²) < 4.78 is 0. The molecule has 21 aliphatic carbocycles. The first-order chi connectivity index (χ1) is 68.0. The van der Waals surface area contributed by atoms with Crippen LogP contribution in [0, 0.1) is 231 Å². The van der Waals surface area contributed by atoms with Gasteiger partial charge in [0.15, 0.2) is 0 Å². The molecule has 0 bridgehead atoms. The van der Waals surface area contributed by atoms with Gasteiger partial charge >= 0.3 is 0 Å². The van der Waals surface area contributed by atoms with Crippen molar-refractivity contribution in [2.24, 2.45) is 231 Å².